The lowest BCUT2D eigenvalue weighted by Crippen LogP contribution is -2.36. The minimum absolute atomic E-state index is 0.121. The number of benzene rings is 1. The van der Waals surface area contributed by atoms with Gasteiger partial charge in [0.1, 0.15) is 0 Å². The third-order valence-electron chi connectivity index (χ3n) is 6.00. The molecule has 2 aliphatic carbocycles. The summed E-state index contributed by atoms with van der Waals surface area (Å²) in [5, 5.41) is 0. The fraction of sp³-hybridized carbons (Fsp3) is 0.650. The quantitative estimate of drug-likeness (QED) is 0.632. The first-order chi connectivity index (χ1) is 9.55. The van der Waals surface area contributed by atoms with Crippen molar-refractivity contribution in [3.8, 4) is 0 Å². The van der Waals surface area contributed by atoms with E-state index in [1.165, 1.54) is 29.5 Å². The molecule has 0 atom stereocenters. The molecule has 2 aliphatic rings. The van der Waals surface area contributed by atoms with Gasteiger partial charge in [-0.3, -0.25) is 4.79 Å². The van der Waals surface area contributed by atoms with Gasteiger partial charge < -0.3 is 0 Å². The highest BCUT2D eigenvalue weighted by molar-refractivity contribution is 5.99. The van der Waals surface area contributed by atoms with Crippen molar-refractivity contribution in [1.29, 1.82) is 0 Å². The van der Waals surface area contributed by atoms with E-state index in [1.807, 2.05) is 0 Å². The van der Waals surface area contributed by atoms with E-state index < -0.39 is 0 Å². The zero-order valence-corrected chi connectivity index (χ0v) is 14.4. The lowest BCUT2D eigenvalue weighted by Gasteiger charge is -2.44. The molecule has 0 saturated heterocycles. The van der Waals surface area contributed by atoms with Gasteiger partial charge in [-0.2, -0.15) is 0 Å². The van der Waals surface area contributed by atoms with Gasteiger partial charge in [0.25, 0.3) is 0 Å². The Hall–Kier alpha value is -1.11. The van der Waals surface area contributed by atoms with Gasteiger partial charge in [0, 0.05) is 12.0 Å². The number of hydrogen-bond acceptors (Lipinski definition) is 1. The van der Waals surface area contributed by atoms with Crippen LogP contribution in [-0.2, 0) is 16.2 Å². The monoisotopic (exact) mass is 284 g/mol. The maximum absolute atomic E-state index is 12.4. The Kier molecular flexibility index (Phi) is 2.97. The predicted molar refractivity (Wildman–Crippen MR) is 88.3 cm³/mol. The average Bonchev–Trinajstić information content (AvgIpc) is 2.39. The molecule has 0 saturated carbocycles. The number of Topliss-reactive ketones (excluding diaryl/α,β-unsaturated/α-hetero) is 1. The molecule has 0 N–H and O–H groups in total. The molecule has 0 amide bonds. The molecule has 0 bridgehead atoms. The van der Waals surface area contributed by atoms with Crippen molar-refractivity contribution in [1.82, 2.24) is 0 Å². The van der Waals surface area contributed by atoms with E-state index in [-0.39, 0.29) is 16.2 Å². The fourth-order valence-corrected chi connectivity index (χ4v) is 4.10. The molecule has 0 fully saturated rings. The zero-order chi connectivity index (χ0) is 15.6. The highest BCUT2D eigenvalue weighted by Crippen LogP contribution is 2.49. The SMILES string of the molecule is CC1(C)CCC(=O)c2cc3c(cc21)C(C)(C)CCC3(C)C. The highest BCUT2D eigenvalue weighted by atomic mass is 16.1. The molecule has 1 aromatic rings. The van der Waals surface area contributed by atoms with Gasteiger partial charge in [0.15, 0.2) is 5.78 Å². The Morgan fingerprint density at radius 1 is 0.714 bits per heavy atom. The number of rotatable bonds is 0. The normalized spacial score (nSPS) is 25.1. The first-order valence-electron chi connectivity index (χ1n) is 8.27. The van der Waals surface area contributed by atoms with Gasteiger partial charge in [-0.15, -0.1) is 0 Å². The molecule has 0 radical (unpaired) electrons. The minimum atomic E-state index is 0.121. The summed E-state index contributed by atoms with van der Waals surface area (Å²) in [6.45, 7) is 13.9. The van der Waals surface area contributed by atoms with Crippen molar-refractivity contribution in [2.45, 2.75) is 83.5 Å². The third-order valence-corrected chi connectivity index (χ3v) is 6.00. The standard InChI is InChI=1S/C20H28O/c1-18(2)8-7-17(21)13-11-15-16(12-14(13)18)20(5,6)10-9-19(15,3)4/h11-12H,7-10H2,1-6H3. The Balaban J connectivity index is 2.31. The number of ketones is 1. The van der Waals surface area contributed by atoms with Crippen molar-refractivity contribution in [3.05, 3.63) is 34.4 Å². The summed E-state index contributed by atoms with van der Waals surface area (Å²) in [4.78, 5) is 12.4. The highest BCUT2D eigenvalue weighted by Gasteiger charge is 2.40. The van der Waals surface area contributed by atoms with Gasteiger partial charge in [-0.1, -0.05) is 47.6 Å². The van der Waals surface area contributed by atoms with Crippen molar-refractivity contribution < 1.29 is 4.79 Å². The summed E-state index contributed by atoms with van der Waals surface area (Å²) in [5.41, 5.74) is 5.68. The second kappa shape index (κ2) is 4.21. The van der Waals surface area contributed by atoms with E-state index in [2.05, 4.69) is 53.7 Å². The summed E-state index contributed by atoms with van der Waals surface area (Å²) >= 11 is 0. The molecular formula is C20H28O. The van der Waals surface area contributed by atoms with Gasteiger partial charge in [0.05, 0.1) is 0 Å². The van der Waals surface area contributed by atoms with Gasteiger partial charge >= 0.3 is 0 Å². The van der Waals surface area contributed by atoms with Crippen LogP contribution >= 0.6 is 0 Å². The minimum Gasteiger partial charge on any atom is -0.294 e. The molecular weight excluding hydrogens is 256 g/mol. The summed E-state index contributed by atoms with van der Waals surface area (Å²) < 4.78 is 0. The second-order valence-electron chi connectivity index (χ2n) is 9.02. The molecule has 1 aromatic carbocycles. The Morgan fingerprint density at radius 2 is 1.19 bits per heavy atom. The molecule has 0 unspecified atom stereocenters. The van der Waals surface area contributed by atoms with Crippen molar-refractivity contribution >= 4 is 5.78 Å². The Labute approximate surface area is 129 Å². The van der Waals surface area contributed by atoms with E-state index in [4.69, 9.17) is 0 Å². The van der Waals surface area contributed by atoms with Crippen molar-refractivity contribution in [2.75, 3.05) is 0 Å². The zero-order valence-electron chi connectivity index (χ0n) is 14.4. The molecule has 1 heteroatoms. The van der Waals surface area contributed by atoms with Crippen LogP contribution in [0.3, 0.4) is 0 Å². The van der Waals surface area contributed by atoms with Gasteiger partial charge in [0.2, 0.25) is 0 Å². The molecule has 21 heavy (non-hydrogen) atoms. The van der Waals surface area contributed by atoms with Crippen LogP contribution < -0.4 is 0 Å². The predicted octanol–water partition coefficient (Wildman–Crippen LogP) is 5.29. The molecule has 3 rings (SSSR count). The number of fused-ring (bicyclic) bond motifs is 2. The fourth-order valence-electron chi connectivity index (χ4n) is 4.10. The van der Waals surface area contributed by atoms with E-state index in [0.29, 0.717) is 12.2 Å². The molecule has 1 nitrogen and oxygen atoms in total. The topological polar surface area (TPSA) is 17.1 Å². The Morgan fingerprint density at radius 3 is 1.76 bits per heavy atom. The van der Waals surface area contributed by atoms with Crippen LogP contribution in [0.5, 0.6) is 0 Å². The number of carbonyl (C=O) groups excluding carboxylic acids is 1. The summed E-state index contributed by atoms with van der Waals surface area (Å²) in [6, 6.07) is 4.62. The maximum atomic E-state index is 12.4. The number of carbonyl (C=O) groups is 1. The summed E-state index contributed by atoms with van der Waals surface area (Å²) in [5.74, 6) is 0.339. The van der Waals surface area contributed by atoms with Crippen molar-refractivity contribution in [3.63, 3.8) is 0 Å². The van der Waals surface area contributed by atoms with Crippen LogP contribution in [0.15, 0.2) is 12.1 Å². The van der Waals surface area contributed by atoms with E-state index >= 15 is 0 Å². The maximum Gasteiger partial charge on any atom is 0.163 e. The second-order valence-corrected chi connectivity index (χ2v) is 9.02. The largest absolute Gasteiger partial charge is 0.294 e. The Bertz CT molecular complexity index is 617. The third kappa shape index (κ3) is 2.17. The first-order valence-corrected chi connectivity index (χ1v) is 8.27. The molecule has 0 heterocycles. The van der Waals surface area contributed by atoms with Gasteiger partial charge in [-0.05, 0) is 58.3 Å². The average molecular weight is 284 g/mol. The van der Waals surface area contributed by atoms with Crippen molar-refractivity contribution in [2.24, 2.45) is 0 Å². The lowest BCUT2D eigenvalue weighted by atomic mass is 9.60. The molecule has 0 aromatic heterocycles. The first kappa shape index (κ1) is 14.8. The van der Waals surface area contributed by atoms with Crippen LogP contribution in [0.1, 0.15) is 94.3 Å². The van der Waals surface area contributed by atoms with E-state index in [0.717, 1.165) is 12.0 Å². The number of hydrogen-bond donors (Lipinski definition) is 0. The van der Waals surface area contributed by atoms with Crippen LogP contribution in [0.2, 0.25) is 0 Å². The van der Waals surface area contributed by atoms with Crippen LogP contribution in [0.25, 0.3) is 0 Å². The smallest absolute Gasteiger partial charge is 0.163 e. The lowest BCUT2D eigenvalue weighted by molar-refractivity contribution is 0.0956. The molecule has 0 aliphatic heterocycles. The summed E-state index contributed by atoms with van der Waals surface area (Å²) in [6.07, 6.45) is 4.09. The van der Waals surface area contributed by atoms with E-state index in [1.54, 1.807) is 0 Å². The molecule has 114 valence electrons. The van der Waals surface area contributed by atoms with Crippen LogP contribution in [0.4, 0.5) is 0 Å². The molecule has 0 spiro atoms. The van der Waals surface area contributed by atoms with E-state index in [9.17, 15) is 4.79 Å². The van der Waals surface area contributed by atoms with Crippen LogP contribution in [-0.4, -0.2) is 5.78 Å². The van der Waals surface area contributed by atoms with Gasteiger partial charge in [-0.25, -0.2) is 0 Å². The summed E-state index contributed by atoms with van der Waals surface area (Å²) in [7, 11) is 0. The van der Waals surface area contributed by atoms with Crippen LogP contribution in [0, 0.1) is 0 Å².